The Kier molecular flexibility index (Phi) is 5.58. The van der Waals surface area contributed by atoms with Gasteiger partial charge >= 0.3 is 0 Å². The lowest BCUT2D eigenvalue weighted by atomic mass is 9.93. The van der Waals surface area contributed by atoms with Gasteiger partial charge in [0.15, 0.2) is 0 Å². The fraction of sp³-hybridized carbons (Fsp3) is 0.269. The first-order chi connectivity index (χ1) is 15.7. The highest BCUT2D eigenvalue weighted by atomic mass is 16.2. The van der Waals surface area contributed by atoms with E-state index in [1.54, 1.807) is 6.20 Å². The molecule has 32 heavy (non-hydrogen) atoms. The molecule has 1 atom stereocenters. The van der Waals surface area contributed by atoms with Gasteiger partial charge in [-0.2, -0.15) is 0 Å². The molecule has 2 N–H and O–H groups in total. The standard InChI is InChI=1S/C26H27N5O/c1-18-13-21(30-25-10-4-5-11-27-25)15-24(29-18)19-7-6-12-31(17-19)26(32)14-20-16-28-23-9-3-2-8-22(20)23/h2-5,8-11,13,15-16,19,28H,6-7,12,14,17H2,1H3,(H,27,29,30)/t19-/m1/s1. The predicted octanol–water partition coefficient (Wildman–Crippen LogP) is 4.96. The maximum Gasteiger partial charge on any atom is 0.227 e. The van der Waals surface area contributed by atoms with Gasteiger partial charge in [0.1, 0.15) is 5.82 Å². The fourth-order valence-electron chi connectivity index (χ4n) is 4.56. The van der Waals surface area contributed by atoms with Crippen LogP contribution in [0.15, 0.2) is 67.0 Å². The minimum Gasteiger partial charge on any atom is -0.361 e. The molecular weight excluding hydrogens is 398 g/mol. The van der Waals surface area contributed by atoms with Gasteiger partial charge in [0.2, 0.25) is 5.91 Å². The Morgan fingerprint density at radius 3 is 2.94 bits per heavy atom. The van der Waals surface area contributed by atoms with Crippen molar-refractivity contribution in [1.29, 1.82) is 0 Å². The van der Waals surface area contributed by atoms with E-state index in [1.165, 1.54) is 0 Å². The zero-order valence-corrected chi connectivity index (χ0v) is 18.2. The number of hydrogen-bond acceptors (Lipinski definition) is 4. The van der Waals surface area contributed by atoms with Crippen molar-refractivity contribution in [2.24, 2.45) is 0 Å². The van der Waals surface area contributed by atoms with Gasteiger partial charge in [0, 0.05) is 59.4 Å². The van der Waals surface area contributed by atoms with E-state index in [1.807, 2.05) is 60.5 Å². The monoisotopic (exact) mass is 425 g/mol. The molecule has 0 unspecified atom stereocenters. The van der Waals surface area contributed by atoms with Crippen molar-refractivity contribution in [3.05, 3.63) is 83.9 Å². The number of nitrogens with zero attached hydrogens (tertiary/aromatic N) is 3. The molecule has 6 nitrogen and oxygen atoms in total. The molecule has 1 fully saturated rings. The summed E-state index contributed by atoms with van der Waals surface area (Å²) in [5.41, 5.74) is 5.11. The summed E-state index contributed by atoms with van der Waals surface area (Å²) in [6.45, 7) is 3.53. The molecule has 6 heteroatoms. The molecule has 5 rings (SSSR count). The maximum absolute atomic E-state index is 13.1. The number of anilines is 2. The quantitative estimate of drug-likeness (QED) is 0.474. The summed E-state index contributed by atoms with van der Waals surface area (Å²) in [6.07, 6.45) is 6.18. The molecule has 0 spiro atoms. The highest BCUT2D eigenvalue weighted by molar-refractivity contribution is 5.89. The second kappa shape index (κ2) is 8.83. The smallest absolute Gasteiger partial charge is 0.227 e. The van der Waals surface area contributed by atoms with Crippen molar-refractivity contribution in [3.63, 3.8) is 0 Å². The van der Waals surface area contributed by atoms with Gasteiger partial charge in [-0.25, -0.2) is 4.98 Å². The molecule has 1 aliphatic heterocycles. The number of carbonyl (C=O) groups is 1. The lowest BCUT2D eigenvalue weighted by Gasteiger charge is -2.33. The average Bonchev–Trinajstić information content (AvgIpc) is 3.22. The van der Waals surface area contributed by atoms with E-state index in [0.717, 1.165) is 58.7 Å². The minimum atomic E-state index is 0.180. The summed E-state index contributed by atoms with van der Waals surface area (Å²) in [5, 5.41) is 4.49. The minimum absolute atomic E-state index is 0.180. The summed E-state index contributed by atoms with van der Waals surface area (Å²) in [4.78, 5) is 27.6. The lowest BCUT2D eigenvalue weighted by Crippen LogP contribution is -2.40. The first kappa shape index (κ1) is 20.2. The second-order valence-corrected chi connectivity index (χ2v) is 8.48. The van der Waals surface area contributed by atoms with E-state index in [4.69, 9.17) is 4.98 Å². The van der Waals surface area contributed by atoms with Gasteiger partial charge in [-0.05, 0) is 55.7 Å². The third kappa shape index (κ3) is 4.35. The second-order valence-electron chi connectivity index (χ2n) is 8.48. The number of pyridine rings is 2. The number of nitrogens with one attached hydrogen (secondary N) is 2. The van der Waals surface area contributed by atoms with E-state index < -0.39 is 0 Å². The molecule has 1 aromatic carbocycles. The van der Waals surface area contributed by atoms with Crippen molar-refractivity contribution in [2.75, 3.05) is 18.4 Å². The number of amides is 1. The van der Waals surface area contributed by atoms with Crippen molar-refractivity contribution in [1.82, 2.24) is 19.9 Å². The number of likely N-dealkylation sites (tertiary alicyclic amines) is 1. The van der Waals surface area contributed by atoms with E-state index in [2.05, 4.69) is 27.4 Å². The van der Waals surface area contributed by atoms with Crippen molar-refractivity contribution < 1.29 is 4.79 Å². The Morgan fingerprint density at radius 2 is 2.06 bits per heavy atom. The molecule has 4 aromatic rings. The molecule has 3 aromatic heterocycles. The van der Waals surface area contributed by atoms with Crippen molar-refractivity contribution in [3.8, 4) is 0 Å². The molecule has 4 heterocycles. The molecule has 0 bridgehead atoms. The van der Waals surface area contributed by atoms with Crippen LogP contribution in [0, 0.1) is 6.92 Å². The number of fused-ring (bicyclic) bond motifs is 1. The number of benzene rings is 1. The average molecular weight is 426 g/mol. The predicted molar refractivity (Wildman–Crippen MR) is 127 cm³/mol. The van der Waals surface area contributed by atoms with Crippen LogP contribution in [0.1, 0.15) is 35.7 Å². The molecule has 162 valence electrons. The van der Waals surface area contributed by atoms with Gasteiger partial charge in [-0.3, -0.25) is 9.78 Å². The Balaban J connectivity index is 1.31. The number of aromatic nitrogens is 3. The van der Waals surface area contributed by atoms with Crippen LogP contribution in [-0.2, 0) is 11.2 Å². The third-order valence-electron chi connectivity index (χ3n) is 6.12. The summed E-state index contributed by atoms with van der Waals surface area (Å²) < 4.78 is 0. The lowest BCUT2D eigenvalue weighted by molar-refractivity contribution is -0.131. The summed E-state index contributed by atoms with van der Waals surface area (Å²) in [5.74, 6) is 1.22. The number of piperidine rings is 1. The van der Waals surface area contributed by atoms with Crippen LogP contribution >= 0.6 is 0 Å². The number of para-hydroxylation sites is 1. The molecule has 1 saturated heterocycles. The number of hydrogen-bond donors (Lipinski definition) is 2. The number of H-pyrrole nitrogens is 1. The molecular formula is C26H27N5O. The van der Waals surface area contributed by atoms with Crippen LogP contribution in [-0.4, -0.2) is 38.8 Å². The van der Waals surface area contributed by atoms with Crippen LogP contribution in [0.2, 0.25) is 0 Å². The summed E-state index contributed by atoms with van der Waals surface area (Å²) in [7, 11) is 0. The van der Waals surface area contributed by atoms with E-state index >= 15 is 0 Å². The van der Waals surface area contributed by atoms with Gasteiger partial charge in [-0.15, -0.1) is 0 Å². The zero-order chi connectivity index (χ0) is 21.9. The third-order valence-corrected chi connectivity index (χ3v) is 6.12. The Hall–Kier alpha value is -3.67. The summed E-state index contributed by atoms with van der Waals surface area (Å²) >= 11 is 0. The fourth-order valence-corrected chi connectivity index (χ4v) is 4.56. The molecule has 0 aliphatic carbocycles. The SMILES string of the molecule is Cc1cc(Nc2ccccn2)cc([C@@H]2CCCN(C(=O)Cc3c[nH]c4ccccc34)C2)n1. The molecule has 1 amide bonds. The molecule has 0 radical (unpaired) electrons. The number of carbonyl (C=O) groups excluding carboxylic acids is 1. The van der Waals surface area contributed by atoms with Crippen LogP contribution in [0.3, 0.4) is 0 Å². The number of aryl methyl sites for hydroxylation is 1. The summed E-state index contributed by atoms with van der Waals surface area (Å²) in [6, 6.07) is 18.1. The zero-order valence-electron chi connectivity index (χ0n) is 18.2. The van der Waals surface area contributed by atoms with Gasteiger partial charge in [-0.1, -0.05) is 24.3 Å². The van der Waals surface area contributed by atoms with E-state index in [9.17, 15) is 4.79 Å². The van der Waals surface area contributed by atoms with Crippen LogP contribution in [0.5, 0.6) is 0 Å². The first-order valence-corrected chi connectivity index (χ1v) is 11.1. The van der Waals surface area contributed by atoms with Crippen molar-refractivity contribution >= 4 is 28.3 Å². The first-order valence-electron chi connectivity index (χ1n) is 11.1. The topological polar surface area (TPSA) is 73.9 Å². The molecule has 1 aliphatic rings. The van der Waals surface area contributed by atoms with Crippen LogP contribution in [0.25, 0.3) is 10.9 Å². The van der Waals surface area contributed by atoms with E-state index in [-0.39, 0.29) is 11.8 Å². The van der Waals surface area contributed by atoms with Gasteiger partial charge in [0.05, 0.1) is 6.42 Å². The highest BCUT2D eigenvalue weighted by Crippen LogP contribution is 2.29. The van der Waals surface area contributed by atoms with Gasteiger partial charge < -0.3 is 15.2 Å². The number of rotatable bonds is 5. The van der Waals surface area contributed by atoms with Gasteiger partial charge in [0.25, 0.3) is 0 Å². The van der Waals surface area contributed by atoms with Crippen LogP contribution in [0.4, 0.5) is 11.5 Å². The Labute approximate surface area is 187 Å². The maximum atomic E-state index is 13.1. The Bertz CT molecular complexity index is 1230. The largest absolute Gasteiger partial charge is 0.361 e. The van der Waals surface area contributed by atoms with Crippen molar-refractivity contribution in [2.45, 2.75) is 32.1 Å². The highest BCUT2D eigenvalue weighted by Gasteiger charge is 2.26. The van der Waals surface area contributed by atoms with E-state index in [0.29, 0.717) is 13.0 Å². The van der Waals surface area contributed by atoms with Crippen LogP contribution < -0.4 is 5.32 Å². The normalized spacial score (nSPS) is 16.3. The number of aromatic amines is 1. The Morgan fingerprint density at radius 1 is 1.19 bits per heavy atom. The molecule has 0 saturated carbocycles.